The molecule has 25 heavy (non-hydrogen) atoms. The van der Waals surface area contributed by atoms with Crippen molar-refractivity contribution >= 4 is 27.3 Å². The van der Waals surface area contributed by atoms with Crippen LogP contribution in [0.15, 0.2) is 42.5 Å². The first kappa shape index (κ1) is 17.3. The third-order valence-electron chi connectivity index (χ3n) is 4.24. The topological polar surface area (TPSA) is 75.7 Å². The van der Waals surface area contributed by atoms with E-state index >= 15 is 0 Å². The van der Waals surface area contributed by atoms with Gasteiger partial charge in [0.15, 0.2) is 0 Å². The predicted molar refractivity (Wildman–Crippen MR) is 97.9 cm³/mol. The number of carbonyl (C=O) groups is 1. The van der Waals surface area contributed by atoms with Crippen molar-refractivity contribution in [3.05, 3.63) is 53.6 Å². The molecule has 6 nitrogen and oxygen atoms in total. The normalized spacial score (nSPS) is 13.4. The average Bonchev–Trinajstić information content (AvgIpc) is 3.06. The van der Waals surface area contributed by atoms with E-state index in [1.54, 1.807) is 56.5 Å². The molecule has 2 aromatic rings. The molecule has 0 fully saturated rings. The van der Waals surface area contributed by atoms with Gasteiger partial charge < -0.3 is 10.1 Å². The molecule has 0 unspecified atom stereocenters. The monoisotopic (exact) mass is 360 g/mol. The van der Waals surface area contributed by atoms with Gasteiger partial charge in [-0.3, -0.25) is 9.10 Å². The lowest BCUT2D eigenvalue weighted by molar-refractivity contribution is 0.102. The van der Waals surface area contributed by atoms with Crippen molar-refractivity contribution in [1.82, 2.24) is 0 Å². The molecule has 1 N–H and O–H groups in total. The molecule has 2 aromatic carbocycles. The van der Waals surface area contributed by atoms with Crippen LogP contribution in [0.1, 0.15) is 22.8 Å². The molecule has 3 rings (SSSR count). The summed E-state index contributed by atoms with van der Waals surface area (Å²) < 4.78 is 30.7. The first-order valence-corrected chi connectivity index (χ1v) is 9.64. The number of benzene rings is 2. The zero-order chi connectivity index (χ0) is 18.0. The molecule has 0 saturated carbocycles. The van der Waals surface area contributed by atoms with Crippen LogP contribution in [0.4, 0.5) is 11.4 Å². The van der Waals surface area contributed by atoms with Crippen molar-refractivity contribution < 1.29 is 17.9 Å². The Hall–Kier alpha value is -2.54. The van der Waals surface area contributed by atoms with Crippen LogP contribution in [-0.4, -0.2) is 33.7 Å². The summed E-state index contributed by atoms with van der Waals surface area (Å²) in [4.78, 5) is 12.4. The van der Waals surface area contributed by atoms with E-state index in [0.29, 0.717) is 35.7 Å². The molecule has 0 aromatic heterocycles. The van der Waals surface area contributed by atoms with Crippen LogP contribution in [0, 0.1) is 0 Å². The number of nitrogens with one attached hydrogen (secondary N) is 1. The van der Waals surface area contributed by atoms with E-state index in [-0.39, 0.29) is 11.7 Å². The summed E-state index contributed by atoms with van der Waals surface area (Å²) in [6, 6.07) is 12.2. The molecule has 1 heterocycles. The quantitative estimate of drug-likeness (QED) is 0.889. The van der Waals surface area contributed by atoms with Gasteiger partial charge in [-0.15, -0.1) is 0 Å². The summed E-state index contributed by atoms with van der Waals surface area (Å²) in [6.07, 6.45) is 0.609. The van der Waals surface area contributed by atoms with Crippen LogP contribution < -0.4 is 14.4 Å². The second kappa shape index (κ2) is 6.76. The summed E-state index contributed by atoms with van der Waals surface area (Å²) in [6.45, 7) is 2.05. The average molecular weight is 360 g/mol. The van der Waals surface area contributed by atoms with E-state index in [2.05, 4.69) is 5.32 Å². The molecule has 0 aliphatic carbocycles. The van der Waals surface area contributed by atoms with Crippen LogP contribution in [-0.2, 0) is 16.4 Å². The fraction of sp³-hybridized carbons (Fsp3) is 0.278. The first-order chi connectivity index (χ1) is 11.9. The highest BCUT2D eigenvalue weighted by Crippen LogP contribution is 2.31. The Morgan fingerprint density at radius 1 is 1.20 bits per heavy atom. The van der Waals surface area contributed by atoms with Crippen LogP contribution in [0.3, 0.4) is 0 Å². The Labute approximate surface area is 147 Å². The standard InChI is InChI=1S/C18H20N2O4S/c1-3-25(22,23)20-11-10-13-12-14(4-9-17(13)20)18(21)19-15-5-7-16(24-2)8-6-15/h4-9,12H,3,10-11H2,1-2H3,(H,19,21). The number of anilines is 2. The van der Waals surface area contributed by atoms with Crippen LogP contribution >= 0.6 is 0 Å². The van der Waals surface area contributed by atoms with Crippen molar-refractivity contribution in [1.29, 1.82) is 0 Å². The molecule has 7 heteroatoms. The van der Waals surface area contributed by atoms with Crippen molar-refractivity contribution in [2.45, 2.75) is 13.3 Å². The maximum absolute atomic E-state index is 12.4. The largest absolute Gasteiger partial charge is 0.497 e. The van der Waals surface area contributed by atoms with Crippen molar-refractivity contribution in [2.24, 2.45) is 0 Å². The van der Waals surface area contributed by atoms with Gasteiger partial charge in [-0.2, -0.15) is 0 Å². The summed E-state index contributed by atoms with van der Waals surface area (Å²) in [5, 5.41) is 2.83. The maximum atomic E-state index is 12.4. The van der Waals surface area contributed by atoms with E-state index in [0.717, 1.165) is 5.56 Å². The van der Waals surface area contributed by atoms with Crippen LogP contribution in [0.25, 0.3) is 0 Å². The number of ether oxygens (including phenoxy) is 1. The molecular weight excluding hydrogens is 340 g/mol. The Kier molecular flexibility index (Phi) is 4.67. The molecular formula is C18H20N2O4S. The number of hydrogen-bond acceptors (Lipinski definition) is 4. The smallest absolute Gasteiger partial charge is 0.255 e. The number of amides is 1. The Morgan fingerprint density at radius 2 is 1.92 bits per heavy atom. The summed E-state index contributed by atoms with van der Waals surface area (Å²) in [5.41, 5.74) is 2.72. The lowest BCUT2D eigenvalue weighted by Gasteiger charge is -2.18. The SMILES string of the molecule is CCS(=O)(=O)N1CCc2cc(C(=O)Nc3ccc(OC)cc3)ccc21. The number of methoxy groups -OCH3 is 1. The minimum Gasteiger partial charge on any atom is -0.497 e. The maximum Gasteiger partial charge on any atom is 0.255 e. The summed E-state index contributed by atoms with van der Waals surface area (Å²) in [5.74, 6) is 0.545. The van der Waals surface area contributed by atoms with Gasteiger partial charge in [0.1, 0.15) is 5.75 Å². The number of sulfonamides is 1. The fourth-order valence-corrected chi connectivity index (χ4v) is 3.99. The second-order valence-corrected chi connectivity index (χ2v) is 7.93. The van der Waals surface area contributed by atoms with Crippen molar-refractivity contribution in [2.75, 3.05) is 29.0 Å². The van der Waals surface area contributed by atoms with Gasteiger partial charge in [0, 0.05) is 17.8 Å². The highest BCUT2D eigenvalue weighted by atomic mass is 32.2. The van der Waals surface area contributed by atoms with Crippen LogP contribution in [0.2, 0.25) is 0 Å². The molecule has 0 bridgehead atoms. The zero-order valence-corrected chi connectivity index (χ0v) is 15.0. The molecule has 1 amide bonds. The summed E-state index contributed by atoms with van der Waals surface area (Å²) in [7, 11) is -1.70. The van der Waals surface area contributed by atoms with Crippen LogP contribution in [0.5, 0.6) is 5.75 Å². The third-order valence-corrected chi connectivity index (χ3v) is 6.02. The lowest BCUT2D eigenvalue weighted by Crippen LogP contribution is -2.30. The number of nitrogens with zero attached hydrogens (tertiary/aromatic N) is 1. The minimum absolute atomic E-state index is 0.0617. The van der Waals surface area contributed by atoms with E-state index in [9.17, 15) is 13.2 Å². The number of fused-ring (bicyclic) bond motifs is 1. The second-order valence-electron chi connectivity index (χ2n) is 5.75. The first-order valence-electron chi connectivity index (χ1n) is 8.03. The predicted octanol–water partition coefficient (Wildman–Crippen LogP) is 2.66. The Balaban J connectivity index is 1.79. The zero-order valence-electron chi connectivity index (χ0n) is 14.2. The third kappa shape index (κ3) is 3.46. The Morgan fingerprint density at radius 3 is 2.56 bits per heavy atom. The number of hydrogen-bond donors (Lipinski definition) is 1. The van der Waals surface area contributed by atoms with E-state index in [1.807, 2.05) is 0 Å². The molecule has 0 atom stereocenters. The fourth-order valence-electron chi connectivity index (χ4n) is 2.84. The van der Waals surface area contributed by atoms with Crippen molar-refractivity contribution in [3.63, 3.8) is 0 Å². The number of carbonyl (C=O) groups excluding carboxylic acids is 1. The molecule has 1 aliphatic rings. The molecule has 0 spiro atoms. The van der Waals surface area contributed by atoms with E-state index in [4.69, 9.17) is 4.74 Å². The molecule has 1 aliphatic heterocycles. The molecule has 0 saturated heterocycles. The van der Waals surface area contributed by atoms with Gasteiger partial charge in [0.25, 0.3) is 5.91 Å². The van der Waals surface area contributed by atoms with Gasteiger partial charge >= 0.3 is 0 Å². The van der Waals surface area contributed by atoms with Gasteiger partial charge in [-0.25, -0.2) is 8.42 Å². The highest BCUT2D eigenvalue weighted by molar-refractivity contribution is 7.92. The lowest BCUT2D eigenvalue weighted by atomic mass is 10.1. The molecule has 0 radical (unpaired) electrons. The highest BCUT2D eigenvalue weighted by Gasteiger charge is 2.28. The van der Waals surface area contributed by atoms with E-state index < -0.39 is 10.0 Å². The van der Waals surface area contributed by atoms with Gasteiger partial charge in [-0.1, -0.05) is 0 Å². The van der Waals surface area contributed by atoms with Gasteiger partial charge in [-0.05, 0) is 61.4 Å². The van der Waals surface area contributed by atoms with Crippen molar-refractivity contribution in [3.8, 4) is 5.75 Å². The van der Waals surface area contributed by atoms with Gasteiger partial charge in [0.05, 0.1) is 18.6 Å². The summed E-state index contributed by atoms with van der Waals surface area (Å²) >= 11 is 0. The molecule has 132 valence electrons. The number of rotatable bonds is 5. The minimum atomic E-state index is -3.28. The Bertz CT molecular complexity index is 892. The van der Waals surface area contributed by atoms with Gasteiger partial charge in [0.2, 0.25) is 10.0 Å². The van der Waals surface area contributed by atoms with E-state index in [1.165, 1.54) is 4.31 Å².